The molecule has 0 bridgehead atoms. The lowest BCUT2D eigenvalue weighted by atomic mass is 9.97. The van der Waals surface area contributed by atoms with E-state index in [2.05, 4.69) is 5.32 Å². The highest BCUT2D eigenvalue weighted by molar-refractivity contribution is 7.92. The number of hydrogen-bond acceptors (Lipinski definition) is 4. The molecule has 0 radical (unpaired) electrons. The predicted octanol–water partition coefficient (Wildman–Crippen LogP) is 3.04. The molecule has 2 aromatic carbocycles. The first-order valence-corrected chi connectivity index (χ1v) is 11.6. The fourth-order valence-corrected chi connectivity index (χ4v) is 4.64. The van der Waals surface area contributed by atoms with E-state index in [9.17, 15) is 18.0 Å². The fourth-order valence-electron chi connectivity index (χ4n) is 3.42. The molecule has 1 fully saturated rings. The Morgan fingerprint density at radius 1 is 1.03 bits per heavy atom. The van der Waals surface area contributed by atoms with Gasteiger partial charge in [-0.3, -0.25) is 9.59 Å². The smallest absolute Gasteiger partial charge is 0.253 e. The van der Waals surface area contributed by atoms with Crippen LogP contribution in [0.5, 0.6) is 0 Å². The van der Waals surface area contributed by atoms with E-state index in [4.69, 9.17) is 0 Å². The number of carbonyl (C=O) groups is 2. The summed E-state index contributed by atoms with van der Waals surface area (Å²) < 4.78 is 26.6. The molecule has 1 aliphatic heterocycles. The van der Waals surface area contributed by atoms with Crippen molar-refractivity contribution in [1.29, 1.82) is 0 Å². The molecule has 1 heterocycles. The molecule has 7 nitrogen and oxygen atoms in total. The monoisotopic (exact) mass is 441 g/mol. The second-order valence-corrected chi connectivity index (χ2v) is 9.52. The molecule has 0 aromatic heterocycles. The Morgan fingerprint density at radius 2 is 1.71 bits per heavy atom. The van der Waals surface area contributed by atoms with Crippen molar-refractivity contribution in [2.24, 2.45) is 5.92 Å². The lowest BCUT2D eigenvalue weighted by Gasteiger charge is -2.29. The van der Waals surface area contributed by atoms with Crippen LogP contribution in [0.15, 0.2) is 60.0 Å². The van der Waals surface area contributed by atoms with Crippen molar-refractivity contribution < 1.29 is 18.0 Å². The third-order valence-electron chi connectivity index (χ3n) is 5.20. The minimum atomic E-state index is -3.53. The summed E-state index contributed by atoms with van der Waals surface area (Å²) >= 11 is 0. The second kappa shape index (κ2) is 9.89. The average Bonchev–Trinajstić information content (AvgIpc) is 2.78. The van der Waals surface area contributed by atoms with Gasteiger partial charge in [0.25, 0.3) is 5.91 Å². The van der Waals surface area contributed by atoms with E-state index in [-0.39, 0.29) is 17.7 Å². The Bertz CT molecular complexity index is 1060. The zero-order valence-corrected chi connectivity index (χ0v) is 18.5. The maximum absolute atomic E-state index is 12.7. The minimum Gasteiger partial charge on any atom is -0.345 e. The van der Waals surface area contributed by atoms with Gasteiger partial charge in [-0.05, 0) is 42.7 Å². The molecule has 1 saturated heterocycles. The number of piperidine rings is 1. The molecule has 0 saturated carbocycles. The fraction of sp³-hybridized carbons (Fsp3) is 0.304. The summed E-state index contributed by atoms with van der Waals surface area (Å²) in [5, 5.41) is 4.07. The SMILES string of the molecule is CN(C)C(=O)c1cccc(NC(=O)C2CCN(S(=O)(=O)C=Cc3ccccc3)CC2)c1. The van der Waals surface area contributed by atoms with Gasteiger partial charge in [0.05, 0.1) is 0 Å². The van der Waals surface area contributed by atoms with E-state index >= 15 is 0 Å². The lowest BCUT2D eigenvalue weighted by molar-refractivity contribution is -0.120. The first kappa shape index (κ1) is 22.7. The number of anilines is 1. The van der Waals surface area contributed by atoms with Crippen LogP contribution in [0.4, 0.5) is 5.69 Å². The zero-order valence-electron chi connectivity index (χ0n) is 17.7. The Morgan fingerprint density at radius 3 is 2.35 bits per heavy atom. The molecule has 8 heteroatoms. The highest BCUT2D eigenvalue weighted by Crippen LogP contribution is 2.23. The van der Waals surface area contributed by atoms with Gasteiger partial charge < -0.3 is 10.2 Å². The van der Waals surface area contributed by atoms with E-state index in [1.54, 1.807) is 44.4 Å². The normalized spacial score (nSPS) is 15.7. The largest absolute Gasteiger partial charge is 0.345 e. The van der Waals surface area contributed by atoms with Gasteiger partial charge in [-0.25, -0.2) is 8.42 Å². The number of benzene rings is 2. The summed E-state index contributed by atoms with van der Waals surface area (Å²) in [7, 11) is -0.192. The van der Waals surface area contributed by atoms with Gasteiger partial charge in [-0.1, -0.05) is 36.4 Å². The summed E-state index contributed by atoms with van der Waals surface area (Å²) in [6.45, 7) is 0.581. The van der Waals surface area contributed by atoms with Crippen molar-refractivity contribution in [1.82, 2.24) is 9.21 Å². The van der Waals surface area contributed by atoms with Gasteiger partial charge in [-0.2, -0.15) is 4.31 Å². The molecule has 2 aromatic rings. The molecule has 0 aliphatic carbocycles. The Balaban J connectivity index is 1.57. The number of nitrogens with one attached hydrogen (secondary N) is 1. The van der Waals surface area contributed by atoms with Crippen molar-refractivity contribution in [2.75, 3.05) is 32.5 Å². The first-order chi connectivity index (χ1) is 14.8. The molecule has 31 heavy (non-hydrogen) atoms. The molecular formula is C23H27N3O4S. The minimum absolute atomic E-state index is 0.141. The third kappa shape index (κ3) is 6.02. The lowest BCUT2D eigenvalue weighted by Crippen LogP contribution is -2.40. The van der Waals surface area contributed by atoms with E-state index in [1.165, 1.54) is 14.6 Å². The van der Waals surface area contributed by atoms with E-state index in [0.717, 1.165) is 5.56 Å². The van der Waals surface area contributed by atoms with Gasteiger partial charge in [0.1, 0.15) is 0 Å². The molecular weight excluding hydrogens is 414 g/mol. The standard InChI is InChI=1S/C23H27N3O4S/c1-25(2)23(28)20-9-6-10-21(17-20)24-22(27)19-11-14-26(15-12-19)31(29,30)16-13-18-7-4-3-5-8-18/h3-10,13,16-17,19H,11-12,14-15H2,1-2H3,(H,24,27). The van der Waals surface area contributed by atoms with Crippen molar-refractivity contribution in [3.05, 3.63) is 71.1 Å². The molecule has 0 spiro atoms. The van der Waals surface area contributed by atoms with Gasteiger partial charge in [0, 0.05) is 49.8 Å². The van der Waals surface area contributed by atoms with Crippen LogP contribution < -0.4 is 5.32 Å². The number of rotatable bonds is 6. The van der Waals surface area contributed by atoms with Crippen LogP contribution in [0.2, 0.25) is 0 Å². The van der Waals surface area contributed by atoms with E-state index in [0.29, 0.717) is 37.2 Å². The van der Waals surface area contributed by atoms with Crippen molar-refractivity contribution >= 4 is 33.6 Å². The number of carbonyl (C=O) groups excluding carboxylic acids is 2. The van der Waals surface area contributed by atoms with Gasteiger partial charge in [-0.15, -0.1) is 0 Å². The molecule has 1 aliphatic rings. The summed E-state index contributed by atoms with van der Waals surface area (Å²) in [6.07, 6.45) is 2.47. The molecule has 3 rings (SSSR count). The maximum Gasteiger partial charge on any atom is 0.253 e. The summed E-state index contributed by atoms with van der Waals surface area (Å²) in [5.74, 6) is -0.581. The highest BCUT2D eigenvalue weighted by atomic mass is 32.2. The molecule has 0 atom stereocenters. The second-order valence-electron chi connectivity index (χ2n) is 7.70. The van der Waals surface area contributed by atoms with Crippen molar-refractivity contribution in [2.45, 2.75) is 12.8 Å². The highest BCUT2D eigenvalue weighted by Gasteiger charge is 2.30. The number of hydrogen-bond donors (Lipinski definition) is 1. The van der Waals surface area contributed by atoms with Crippen LogP contribution in [0.25, 0.3) is 6.08 Å². The van der Waals surface area contributed by atoms with Crippen molar-refractivity contribution in [3.8, 4) is 0 Å². The van der Waals surface area contributed by atoms with Crippen molar-refractivity contribution in [3.63, 3.8) is 0 Å². The number of nitrogens with zero attached hydrogens (tertiary/aromatic N) is 2. The first-order valence-electron chi connectivity index (χ1n) is 10.1. The van der Waals surface area contributed by atoms with Crippen LogP contribution in [-0.4, -0.2) is 56.6 Å². The Hall–Kier alpha value is -2.97. The number of amides is 2. The molecule has 164 valence electrons. The maximum atomic E-state index is 12.7. The summed E-state index contributed by atoms with van der Waals surface area (Å²) in [4.78, 5) is 26.2. The van der Waals surface area contributed by atoms with Gasteiger partial charge in [0.2, 0.25) is 15.9 Å². The molecule has 1 N–H and O–H groups in total. The van der Waals surface area contributed by atoms with E-state index in [1.807, 2.05) is 30.3 Å². The van der Waals surface area contributed by atoms with Gasteiger partial charge in [0.15, 0.2) is 0 Å². The Kier molecular flexibility index (Phi) is 7.25. The molecule has 2 amide bonds. The summed E-state index contributed by atoms with van der Waals surface area (Å²) in [6, 6.07) is 16.0. The molecule has 0 unspecified atom stereocenters. The Labute approximate surface area is 183 Å². The quantitative estimate of drug-likeness (QED) is 0.747. The number of sulfonamides is 1. The summed E-state index contributed by atoms with van der Waals surface area (Å²) in [5.41, 5.74) is 1.86. The third-order valence-corrected chi connectivity index (χ3v) is 6.76. The topological polar surface area (TPSA) is 86.8 Å². The van der Waals surface area contributed by atoms with E-state index < -0.39 is 10.0 Å². The predicted molar refractivity (Wildman–Crippen MR) is 122 cm³/mol. The zero-order chi connectivity index (χ0) is 22.4. The van der Waals surface area contributed by atoms with Crippen LogP contribution in [-0.2, 0) is 14.8 Å². The van der Waals surface area contributed by atoms with Crippen LogP contribution in [0.1, 0.15) is 28.8 Å². The van der Waals surface area contributed by atoms with Crippen LogP contribution in [0, 0.1) is 5.92 Å². The average molecular weight is 442 g/mol. The van der Waals surface area contributed by atoms with Crippen LogP contribution >= 0.6 is 0 Å². The van der Waals surface area contributed by atoms with Gasteiger partial charge >= 0.3 is 0 Å². The van der Waals surface area contributed by atoms with Crippen LogP contribution in [0.3, 0.4) is 0 Å².